The van der Waals surface area contributed by atoms with Gasteiger partial charge in [-0.1, -0.05) is 0 Å². The summed E-state index contributed by atoms with van der Waals surface area (Å²) in [5, 5.41) is 2.82. The maximum absolute atomic E-state index is 12.9. The molecule has 1 heterocycles. The normalized spacial score (nSPS) is 24.8. The molecule has 0 radical (unpaired) electrons. The molecule has 0 aromatic carbocycles. The first-order chi connectivity index (χ1) is 11.9. The predicted octanol–water partition coefficient (Wildman–Crippen LogP) is 0.370. The Morgan fingerprint density at radius 1 is 1.44 bits per heavy atom. The average Bonchev–Trinajstić information content (AvgIpc) is 3.07. The molecule has 1 aliphatic heterocycles. The Morgan fingerprint density at radius 2 is 2.20 bits per heavy atom. The van der Waals surface area contributed by atoms with E-state index in [4.69, 9.17) is 5.73 Å². The van der Waals surface area contributed by atoms with Gasteiger partial charge in [-0.25, -0.2) is 0 Å². The molecule has 2 rings (SSSR count). The van der Waals surface area contributed by atoms with Gasteiger partial charge in [0.25, 0.3) is 0 Å². The molecule has 9 heteroatoms. The first-order valence-electron chi connectivity index (χ1n) is 8.42. The number of nitrogens with zero attached hydrogens (tertiary/aromatic N) is 1. The molecule has 7 nitrogen and oxygen atoms in total. The molecule has 0 aromatic rings. The number of Topliss-reactive ketones (excluding diaryl/α,β-unsaturated/α-hetero) is 1. The minimum atomic E-state index is -0.683. The molecule has 0 spiro atoms. The van der Waals surface area contributed by atoms with E-state index in [2.05, 4.69) is 5.32 Å². The molecule has 3 atom stereocenters. The Labute approximate surface area is 156 Å². The molecule has 1 saturated carbocycles. The molecule has 2 unspecified atom stereocenters. The third kappa shape index (κ3) is 5.37. The number of ketones is 1. The highest BCUT2D eigenvalue weighted by Crippen LogP contribution is 2.24. The van der Waals surface area contributed by atoms with Crippen LogP contribution in [-0.4, -0.2) is 64.1 Å². The minimum Gasteiger partial charge on any atom is -0.368 e. The summed E-state index contributed by atoms with van der Waals surface area (Å²) in [5.41, 5.74) is 5.38. The van der Waals surface area contributed by atoms with E-state index in [0.717, 1.165) is 0 Å². The van der Waals surface area contributed by atoms with Gasteiger partial charge in [-0.2, -0.15) is 11.8 Å². The van der Waals surface area contributed by atoms with Crippen LogP contribution in [-0.2, 0) is 19.2 Å². The fourth-order valence-corrected chi connectivity index (χ4v) is 4.77. The van der Waals surface area contributed by atoms with Gasteiger partial charge in [0.2, 0.25) is 17.7 Å². The van der Waals surface area contributed by atoms with E-state index in [9.17, 15) is 19.2 Å². The lowest BCUT2D eigenvalue weighted by Crippen LogP contribution is -2.54. The fraction of sp³-hybridized carbons (Fsp3) is 0.750. The molecule has 2 fully saturated rings. The molecule has 0 bridgehead atoms. The van der Waals surface area contributed by atoms with Crippen LogP contribution in [0.2, 0.25) is 0 Å². The standard InChI is InChI=1S/C16H25N3O4S2/c1-24-6-5-12(16(23)19-9-25-8-13(19)14(17)21)18-15(22)10-3-2-4-11(20)7-10/h10,12-13H,2-9H2,1H3,(H2,17,21)(H,18,22)/t10?,12-,13?/m0/s1. The second-order valence-corrected chi connectivity index (χ2v) is 8.39. The zero-order valence-electron chi connectivity index (χ0n) is 14.4. The summed E-state index contributed by atoms with van der Waals surface area (Å²) in [6.45, 7) is 0. The van der Waals surface area contributed by atoms with Crippen molar-refractivity contribution in [1.29, 1.82) is 0 Å². The van der Waals surface area contributed by atoms with E-state index in [1.54, 1.807) is 11.8 Å². The Kier molecular flexibility index (Phi) is 7.61. The topological polar surface area (TPSA) is 110 Å². The highest BCUT2D eigenvalue weighted by molar-refractivity contribution is 7.99. The van der Waals surface area contributed by atoms with Gasteiger partial charge in [-0.3, -0.25) is 19.2 Å². The van der Waals surface area contributed by atoms with Crippen molar-refractivity contribution >= 4 is 47.0 Å². The molecule has 1 saturated heterocycles. The molecule has 1 aliphatic carbocycles. The number of rotatable bonds is 7. The summed E-state index contributed by atoms with van der Waals surface area (Å²) in [4.78, 5) is 50.0. The summed E-state index contributed by atoms with van der Waals surface area (Å²) in [7, 11) is 0. The molecular weight excluding hydrogens is 362 g/mol. The van der Waals surface area contributed by atoms with Crippen molar-refractivity contribution in [3.8, 4) is 0 Å². The third-order valence-corrected chi connectivity index (χ3v) is 6.23. The second kappa shape index (κ2) is 9.47. The molecule has 140 valence electrons. The van der Waals surface area contributed by atoms with Crippen LogP contribution < -0.4 is 11.1 Å². The van der Waals surface area contributed by atoms with E-state index in [1.165, 1.54) is 16.7 Å². The van der Waals surface area contributed by atoms with Crippen LogP contribution in [0.4, 0.5) is 0 Å². The Morgan fingerprint density at radius 3 is 2.84 bits per heavy atom. The number of carbonyl (C=O) groups excluding carboxylic acids is 4. The van der Waals surface area contributed by atoms with Crippen molar-refractivity contribution in [3.05, 3.63) is 0 Å². The molecule has 3 N–H and O–H groups in total. The van der Waals surface area contributed by atoms with Crippen LogP contribution in [0.5, 0.6) is 0 Å². The maximum Gasteiger partial charge on any atom is 0.246 e. The minimum absolute atomic E-state index is 0.100. The highest BCUT2D eigenvalue weighted by Gasteiger charge is 2.37. The summed E-state index contributed by atoms with van der Waals surface area (Å²) in [6.07, 6.45) is 4.58. The van der Waals surface area contributed by atoms with Crippen LogP contribution in [0.3, 0.4) is 0 Å². The van der Waals surface area contributed by atoms with E-state index in [0.29, 0.717) is 43.1 Å². The van der Waals surface area contributed by atoms with Crippen molar-refractivity contribution in [2.24, 2.45) is 11.7 Å². The average molecular weight is 388 g/mol. The number of primary amides is 1. The Balaban J connectivity index is 2.04. The summed E-state index contributed by atoms with van der Waals surface area (Å²) in [5.74, 6) is 0.317. The van der Waals surface area contributed by atoms with Crippen molar-refractivity contribution in [2.45, 2.75) is 44.2 Å². The van der Waals surface area contributed by atoms with Gasteiger partial charge in [0.15, 0.2) is 0 Å². The van der Waals surface area contributed by atoms with E-state index in [-0.39, 0.29) is 29.9 Å². The number of hydrogen-bond donors (Lipinski definition) is 2. The number of carbonyl (C=O) groups is 4. The zero-order valence-corrected chi connectivity index (χ0v) is 16.0. The van der Waals surface area contributed by atoms with Gasteiger partial charge < -0.3 is 16.0 Å². The fourth-order valence-electron chi connectivity index (χ4n) is 3.13. The lowest BCUT2D eigenvalue weighted by atomic mass is 9.87. The zero-order chi connectivity index (χ0) is 18.4. The number of hydrogen-bond acceptors (Lipinski definition) is 6. The quantitative estimate of drug-likeness (QED) is 0.653. The maximum atomic E-state index is 12.9. The van der Waals surface area contributed by atoms with Crippen LogP contribution in [0, 0.1) is 5.92 Å². The van der Waals surface area contributed by atoms with Gasteiger partial charge in [0.1, 0.15) is 17.9 Å². The van der Waals surface area contributed by atoms with Crippen molar-refractivity contribution in [3.63, 3.8) is 0 Å². The van der Waals surface area contributed by atoms with Crippen molar-refractivity contribution < 1.29 is 19.2 Å². The summed E-state index contributed by atoms with van der Waals surface area (Å²) in [6, 6.07) is -1.31. The van der Waals surface area contributed by atoms with E-state index in [1.807, 2.05) is 6.26 Å². The molecule has 3 amide bonds. The van der Waals surface area contributed by atoms with Gasteiger partial charge >= 0.3 is 0 Å². The lowest BCUT2D eigenvalue weighted by molar-refractivity contribution is -0.141. The summed E-state index contributed by atoms with van der Waals surface area (Å²) < 4.78 is 0. The largest absolute Gasteiger partial charge is 0.368 e. The van der Waals surface area contributed by atoms with Crippen LogP contribution >= 0.6 is 23.5 Å². The van der Waals surface area contributed by atoms with Gasteiger partial charge in [0, 0.05) is 24.5 Å². The molecular formula is C16H25N3O4S2. The van der Waals surface area contributed by atoms with E-state index < -0.39 is 18.0 Å². The van der Waals surface area contributed by atoms with Crippen LogP contribution in [0.25, 0.3) is 0 Å². The van der Waals surface area contributed by atoms with Gasteiger partial charge in [-0.05, 0) is 31.3 Å². The number of nitrogens with two attached hydrogens (primary N) is 1. The van der Waals surface area contributed by atoms with Gasteiger partial charge in [0.05, 0.1) is 5.88 Å². The van der Waals surface area contributed by atoms with E-state index >= 15 is 0 Å². The van der Waals surface area contributed by atoms with Crippen molar-refractivity contribution in [2.75, 3.05) is 23.6 Å². The first kappa shape index (κ1) is 20.1. The second-order valence-electron chi connectivity index (χ2n) is 6.40. The molecule has 0 aromatic heterocycles. The number of nitrogens with one attached hydrogen (secondary N) is 1. The predicted molar refractivity (Wildman–Crippen MR) is 99.0 cm³/mol. The van der Waals surface area contributed by atoms with Crippen LogP contribution in [0.1, 0.15) is 32.1 Å². The Bertz CT molecular complexity index is 543. The smallest absolute Gasteiger partial charge is 0.246 e. The SMILES string of the molecule is CSCC[C@H](NC(=O)C1CCCC(=O)C1)C(=O)N1CSCC1C(N)=O. The van der Waals surface area contributed by atoms with Crippen LogP contribution in [0.15, 0.2) is 0 Å². The number of thioether (sulfide) groups is 2. The molecule has 2 aliphatic rings. The third-order valence-electron chi connectivity index (χ3n) is 4.57. The lowest BCUT2D eigenvalue weighted by Gasteiger charge is -2.29. The highest BCUT2D eigenvalue weighted by atomic mass is 32.2. The monoisotopic (exact) mass is 387 g/mol. The first-order valence-corrected chi connectivity index (χ1v) is 11.0. The summed E-state index contributed by atoms with van der Waals surface area (Å²) >= 11 is 3.06. The van der Waals surface area contributed by atoms with Crippen molar-refractivity contribution in [1.82, 2.24) is 10.2 Å². The Hall–Kier alpha value is -1.22. The number of amides is 3. The van der Waals surface area contributed by atoms with Gasteiger partial charge in [-0.15, -0.1) is 11.8 Å². The molecule has 25 heavy (non-hydrogen) atoms.